The van der Waals surface area contributed by atoms with Crippen molar-refractivity contribution in [3.05, 3.63) is 54.1 Å². The minimum Gasteiger partial charge on any atom is -0.494 e. The molecular formula is C20H26N2O3. The van der Waals surface area contributed by atoms with Gasteiger partial charge in [-0.25, -0.2) is 4.79 Å². The molecule has 2 N–H and O–H groups in total. The Hall–Kier alpha value is -2.69. The first-order chi connectivity index (χ1) is 12.1. The van der Waals surface area contributed by atoms with E-state index in [0.717, 1.165) is 17.1 Å². The molecule has 0 radical (unpaired) electrons. The zero-order chi connectivity index (χ0) is 18.1. The summed E-state index contributed by atoms with van der Waals surface area (Å²) in [6, 6.07) is 14.7. The van der Waals surface area contributed by atoms with Gasteiger partial charge in [0.15, 0.2) is 0 Å². The number of anilines is 1. The third-order valence-electron chi connectivity index (χ3n) is 3.41. The molecule has 25 heavy (non-hydrogen) atoms. The Morgan fingerprint density at radius 1 is 1.04 bits per heavy atom. The predicted octanol–water partition coefficient (Wildman–Crippen LogP) is 4.44. The van der Waals surface area contributed by atoms with Gasteiger partial charge in [-0.2, -0.15) is 0 Å². The molecule has 0 aliphatic carbocycles. The van der Waals surface area contributed by atoms with E-state index >= 15 is 0 Å². The highest BCUT2D eigenvalue weighted by Crippen LogP contribution is 2.19. The van der Waals surface area contributed by atoms with Crippen LogP contribution < -0.4 is 20.1 Å². The number of hydrogen-bond donors (Lipinski definition) is 2. The normalized spacial score (nSPS) is 10.4. The molecule has 0 spiro atoms. The number of nitrogens with one attached hydrogen (secondary N) is 2. The summed E-state index contributed by atoms with van der Waals surface area (Å²) >= 11 is 0. The largest absolute Gasteiger partial charge is 0.494 e. The zero-order valence-corrected chi connectivity index (χ0v) is 15.0. The molecule has 0 heterocycles. The number of urea groups is 1. The average molecular weight is 342 g/mol. The van der Waals surface area contributed by atoms with Crippen molar-refractivity contribution in [3.63, 3.8) is 0 Å². The maximum absolute atomic E-state index is 12.1. The van der Waals surface area contributed by atoms with Crippen molar-refractivity contribution >= 4 is 11.7 Å². The van der Waals surface area contributed by atoms with Gasteiger partial charge in [0.25, 0.3) is 0 Å². The minimum atomic E-state index is -0.261. The first-order valence-electron chi connectivity index (χ1n) is 8.57. The molecule has 0 fully saturated rings. The fourth-order valence-electron chi connectivity index (χ4n) is 2.20. The predicted molar refractivity (Wildman–Crippen MR) is 100 cm³/mol. The lowest BCUT2D eigenvalue weighted by atomic mass is 10.2. The molecule has 0 bridgehead atoms. The van der Waals surface area contributed by atoms with Crippen molar-refractivity contribution in [2.45, 2.75) is 27.3 Å². The highest BCUT2D eigenvalue weighted by atomic mass is 16.5. The molecule has 2 aromatic rings. The van der Waals surface area contributed by atoms with Crippen LogP contribution >= 0.6 is 0 Å². The first kappa shape index (κ1) is 18.6. The Bertz CT molecular complexity index is 669. The molecule has 0 aliphatic rings. The van der Waals surface area contributed by atoms with Crippen LogP contribution in [0.5, 0.6) is 11.5 Å². The number of rotatable bonds is 8. The van der Waals surface area contributed by atoms with Gasteiger partial charge in [0, 0.05) is 17.8 Å². The van der Waals surface area contributed by atoms with E-state index in [2.05, 4.69) is 24.5 Å². The fourth-order valence-corrected chi connectivity index (χ4v) is 2.20. The van der Waals surface area contributed by atoms with E-state index in [4.69, 9.17) is 9.47 Å². The van der Waals surface area contributed by atoms with E-state index in [9.17, 15) is 4.79 Å². The quantitative estimate of drug-likeness (QED) is 0.745. The summed E-state index contributed by atoms with van der Waals surface area (Å²) in [5.74, 6) is 2.03. The maximum Gasteiger partial charge on any atom is 0.319 e. The Kier molecular flexibility index (Phi) is 7.14. The molecular weight excluding hydrogens is 316 g/mol. The molecule has 2 aromatic carbocycles. The monoisotopic (exact) mass is 342 g/mol. The summed E-state index contributed by atoms with van der Waals surface area (Å²) < 4.78 is 11.2. The van der Waals surface area contributed by atoms with E-state index in [1.807, 2.05) is 55.5 Å². The van der Waals surface area contributed by atoms with Crippen LogP contribution in [0.3, 0.4) is 0 Å². The lowest BCUT2D eigenvalue weighted by molar-refractivity contribution is 0.250. The van der Waals surface area contributed by atoms with Crippen molar-refractivity contribution in [2.24, 2.45) is 5.92 Å². The highest BCUT2D eigenvalue weighted by Gasteiger charge is 2.07. The lowest BCUT2D eigenvalue weighted by Gasteiger charge is -2.14. The zero-order valence-electron chi connectivity index (χ0n) is 15.0. The van der Waals surface area contributed by atoms with Gasteiger partial charge in [-0.15, -0.1) is 0 Å². The van der Waals surface area contributed by atoms with Crippen molar-refractivity contribution in [3.8, 4) is 11.5 Å². The van der Waals surface area contributed by atoms with Gasteiger partial charge in [-0.1, -0.05) is 32.0 Å². The van der Waals surface area contributed by atoms with Crippen molar-refractivity contribution in [1.29, 1.82) is 0 Å². The van der Waals surface area contributed by atoms with Crippen LogP contribution in [0.2, 0.25) is 0 Å². The van der Waals surface area contributed by atoms with Gasteiger partial charge in [-0.05, 0) is 43.2 Å². The molecule has 0 aromatic heterocycles. The molecule has 5 heteroatoms. The minimum absolute atomic E-state index is 0.261. The summed E-state index contributed by atoms with van der Waals surface area (Å²) in [5.41, 5.74) is 1.66. The SMILES string of the molecule is CCOc1ccc(NC(=O)NCc2ccccc2OCC(C)C)cc1. The van der Waals surface area contributed by atoms with Gasteiger partial charge in [0.2, 0.25) is 0 Å². The topological polar surface area (TPSA) is 59.6 Å². The van der Waals surface area contributed by atoms with Crippen molar-refractivity contribution < 1.29 is 14.3 Å². The highest BCUT2D eigenvalue weighted by molar-refractivity contribution is 5.89. The third-order valence-corrected chi connectivity index (χ3v) is 3.41. The number of hydrogen-bond acceptors (Lipinski definition) is 3. The van der Waals surface area contributed by atoms with Crippen molar-refractivity contribution in [2.75, 3.05) is 18.5 Å². The fraction of sp³-hybridized carbons (Fsp3) is 0.350. The van der Waals surface area contributed by atoms with E-state index in [-0.39, 0.29) is 6.03 Å². The number of ether oxygens (including phenoxy) is 2. The molecule has 0 atom stereocenters. The van der Waals surface area contributed by atoms with E-state index in [1.165, 1.54) is 0 Å². The van der Waals surface area contributed by atoms with Gasteiger partial charge in [0.05, 0.1) is 13.2 Å². The van der Waals surface area contributed by atoms with E-state index in [1.54, 1.807) is 0 Å². The summed E-state index contributed by atoms with van der Waals surface area (Å²) in [6.07, 6.45) is 0. The molecule has 0 saturated carbocycles. The van der Waals surface area contributed by atoms with Crippen LogP contribution in [0.1, 0.15) is 26.3 Å². The third kappa shape index (κ3) is 6.37. The Morgan fingerprint density at radius 3 is 2.44 bits per heavy atom. The Morgan fingerprint density at radius 2 is 1.76 bits per heavy atom. The van der Waals surface area contributed by atoms with E-state index < -0.39 is 0 Å². The molecule has 5 nitrogen and oxygen atoms in total. The summed E-state index contributed by atoms with van der Waals surface area (Å²) in [6.45, 7) is 7.80. The number of para-hydroxylation sites is 1. The van der Waals surface area contributed by atoms with Gasteiger partial charge in [-0.3, -0.25) is 0 Å². The second kappa shape index (κ2) is 9.57. The van der Waals surface area contributed by atoms with Gasteiger partial charge < -0.3 is 20.1 Å². The number of carbonyl (C=O) groups is 1. The number of carbonyl (C=O) groups excluding carboxylic acids is 1. The van der Waals surface area contributed by atoms with E-state index in [0.29, 0.717) is 31.4 Å². The molecule has 0 aliphatic heterocycles. The molecule has 0 unspecified atom stereocenters. The average Bonchev–Trinajstić information content (AvgIpc) is 2.61. The molecule has 2 amide bonds. The van der Waals surface area contributed by atoms with Crippen LogP contribution in [0, 0.1) is 5.92 Å². The Labute approximate surface area is 149 Å². The van der Waals surface area contributed by atoms with Crippen LogP contribution in [0.15, 0.2) is 48.5 Å². The molecule has 134 valence electrons. The number of benzene rings is 2. The standard InChI is InChI=1S/C20H26N2O3/c1-4-24-18-11-9-17(10-12-18)22-20(23)21-13-16-7-5-6-8-19(16)25-14-15(2)3/h5-12,15H,4,13-14H2,1-3H3,(H2,21,22,23). The Balaban J connectivity index is 1.87. The summed E-state index contributed by atoms with van der Waals surface area (Å²) in [4.78, 5) is 12.1. The van der Waals surface area contributed by atoms with Crippen molar-refractivity contribution in [1.82, 2.24) is 5.32 Å². The van der Waals surface area contributed by atoms with Crippen LogP contribution in [0.25, 0.3) is 0 Å². The van der Waals surface area contributed by atoms with Crippen LogP contribution in [-0.2, 0) is 6.54 Å². The van der Waals surface area contributed by atoms with Crippen LogP contribution in [-0.4, -0.2) is 19.2 Å². The smallest absolute Gasteiger partial charge is 0.319 e. The summed E-state index contributed by atoms with van der Waals surface area (Å²) in [7, 11) is 0. The lowest BCUT2D eigenvalue weighted by Crippen LogP contribution is -2.28. The van der Waals surface area contributed by atoms with Gasteiger partial charge in [0.1, 0.15) is 11.5 Å². The molecule has 2 rings (SSSR count). The maximum atomic E-state index is 12.1. The first-order valence-corrected chi connectivity index (χ1v) is 8.57. The second-order valence-corrected chi connectivity index (χ2v) is 6.08. The summed E-state index contributed by atoms with van der Waals surface area (Å²) in [5, 5.41) is 5.66. The molecule has 0 saturated heterocycles. The van der Waals surface area contributed by atoms with Gasteiger partial charge >= 0.3 is 6.03 Å². The second-order valence-electron chi connectivity index (χ2n) is 6.08. The number of amides is 2. The van der Waals surface area contributed by atoms with Crippen LogP contribution in [0.4, 0.5) is 10.5 Å².